The summed E-state index contributed by atoms with van der Waals surface area (Å²) in [6, 6.07) is 84.1. The minimum atomic E-state index is 1.10. The van der Waals surface area contributed by atoms with Crippen molar-refractivity contribution in [1.29, 1.82) is 0 Å². The second-order valence-corrected chi connectivity index (χ2v) is 16.8. The average molecular weight is 795 g/mol. The molecule has 0 aliphatic heterocycles. The standard InChI is InChI=1S/C58H38N2S/c1-2-18-46-42(14-1)15-12-27-52(46)59(55-26-9-5-21-49(55)50-23-13-29-57-58(50)51-22-6-10-28-56(51)61-57)44-36-34-40(35-37-44)39-30-32-41(33-31-39)43-16-11-17-45(38-43)60-53-24-7-3-19-47(53)48-20-4-8-25-54(48)60/h1-38H. The van der Waals surface area contributed by atoms with Gasteiger partial charge in [-0.1, -0.05) is 170 Å². The maximum Gasteiger partial charge on any atom is 0.0541 e. The highest BCUT2D eigenvalue weighted by Crippen LogP contribution is 2.47. The molecule has 2 heterocycles. The molecule has 0 saturated heterocycles. The molecule has 0 N–H and O–H groups in total. The van der Waals surface area contributed by atoms with Gasteiger partial charge in [0.15, 0.2) is 0 Å². The summed E-state index contributed by atoms with van der Waals surface area (Å²) < 4.78 is 5.00. The van der Waals surface area contributed by atoms with Gasteiger partial charge in [0.05, 0.1) is 22.4 Å². The lowest BCUT2D eigenvalue weighted by molar-refractivity contribution is 1.18. The third kappa shape index (κ3) is 5.93. The van der Waals surface area contributed by atoms with Crippen LogP contribution < -0.4 is 4.90 Å². The monoisotopic (exact) mass is 794 g/mol. The Morgan fingerprint density at radius 1 is 0.344 bits per heavy atom. The van der Waals surface area contributed by atoms with E-state index in [9.17, 15) is 0 Å². The molecular formula is C58H38N2S. The maximum absolute atomic E-state index is 2.45. The molecule has 0 saturated carbocycles. The third-order valence-corrected chi connectivity index (χ3v) is 13.3. The van der Waals surface area contributed by atoms with E-state index in [4.69, 9.17) is 0 Å². The molecule has 2 nitrogen and oxygen atoms in total. The van der Waals surface area contributed by atoms with E-state index in [1.165, 1.54) is 86.1 Å². The highest BCUT2D eigenvalue weighted by molar-refractivity contribution is 7.25. The third-order valence-electron chi connectivity index (χ3n) is 12.2. The van der Waals surface area contributed by atoms with Gasteiger partial charge in [-0.05, 0) is 93.9 Å². The van der Waals surface area contributed by atoms with E-state index in [0.29, 0.717) is 0 Å². The van der Waals surface area contributed by atoms with Crippen molar-refractivity contribution >= 4 is 81.1 Å². The SMILES string of the molecule is c1cc(-c2ccc(-c3ccc(N(c4ccccc4-c4cccc5sc6ccccc6c45)c4cccc5ccccc45)cc3)cc2)cc(-n2c3ccccc3c3ccccc32)c1. The lowest BCUT2D eigenvalue weighted by Gasteiger charge is -2.29. The molecule has 0 aliphatic rings. The van der Waals surface area contributed by atoms with Crippen LogP contribution in [-0.4, -0.2) is 4.57 Å². The zero-order valence-electron chi connectivity index (χ0n) is 33.2. The molecule has 0 fully saturated rings. The van der Waals surface area contributed by atoms with Crippen molar-refractivity contribution in [2.24, 2.45) is 0 Å². The zero-order chi connectivity index (χ0) is 40.3. The van der Waals surface area contributed by atoms with Gasteiger partial charge in [0, 0.05) is 53.3 Å². The molecule has 0 spiro atoms. The van der Waals surface area contributed by atoms with E-state index in [1.54, 1.807) is 0 Å². The molecule has 0 atom stereocenters. The van der Waals surface area contributed by atoms with Crippen LogP contribution in [0.3, 0.4) is 0 Å². The van der Waals surface area contributed by atoms with Crippen LogP contribution in [0.5, 0.6) is 0 Å². The number of hydrogen-bond donors (Lipinski definition) is 0. The first kappa shape index (κ1) is 35.2. The van der Waals surface area contributed by atoms with Crippen molar-refractivity contribution in [3.63, 3.8) is 0 Å². The van der Waals surface area contributed by atoms with E-state index >= 15 is 0 Å². The van der Waals surface area contributed by atoms with Crippen LogP contribution in [0.2, 0.25) is 0 Å². The summed E-state index contributed by atoms with van der Waals surface area (Å²) in [5, 5.41) is 7.58. The summed E-state index contributed by atoms with van der Waals surface area (Å²) in [6.07, 6.45) is 0. The number of benzene rings is 10. The largest absolute Gasteiger partial charge is 0.309 e. The van der Waals surface area contributed by atoms with E-state index in [-0.39, 0.29) is 0 Å². The van der Waals surface area contributed by atoms with Crippen LogP contribution in [0.1, 0.15) is 0 Å². The Bertz CT molecular complexity index is 3530. The quantitative estimate of drug-likeness (QED) is 0.156. The molecular weight excluding hydrogens is 757 g/mol. The lowest BCUT2D eigenvalue weighted by atomic mass is 9.96. The normalized spacial score (nSPS) is 11.6. The fraction of sp³-hybridized carbons (Fsp3) is 0. The zero-order valence-corrected chi connectivity index (χ0v) is 34.1. The molecule has 0 bridgehead atoms. The van der Waals surface area contributed by atoms with E-state index < -0.39 is 0 Å². The molecule has 12 aromatic rings. The lowest BCUT2D eigenvalue weighted by Crippen LogP contribution is -2.11. The Hall–Kier alpha value is -7.72. The second-order valence-electron chi connectivity index (χ2n) is 15.7. The molecule has 3 heteroatoms. The minimum Gasteiger partial charge on any atom is -0.309 e. The summed E-state index contributed by atoms with van der Waals surface area (Å²) >= 11 is 1.86. The summed E-state index contributed by atoms with van der Waals surface area (Å²) in [5.74, 6) is 0. The predicted octanol–water partition coefficient (Wildman–Crippen LogP) is 16.8. The molecule has 286 valence electrons. The highest BCUT2D eigenvalue weighted by Gasteiger charge is 2.21. The molecule has 12 rings (SSSR count). The van der Waals surface area contributed by atoms with Gasteiger partial charge in [-0.15, -0.1) is 11.3 Å². The van der Waals surface area contributed by atoms with Crippen LogP contribution in [0, 0.1) is 0 Å². The predicted molar refractivity (Wildman–Crippen MR) is 262 cm³/mol. The number of fused-ring (bicyclic) bond motifs is 7. The summed E-state index contributed by atoms with van der Waals surface area (Å²) in [4.78, 5) is 2.45. The minimum absolute atomic E-state index is 1.10. The van der Waals surface area contributed by atoms with E-state index in [2.05, 4.69) is 240 Å². The number of rotatable bonds is 7. The number of hydrogen-bond acceptors (Lipinski definition) is 2. The Kier molecular flexibility index (Phi) is 8.39. The van der Waals surface area contributed by atoms with Gasteiger partial charge < -0.3 is 9.47 Å². The van der Waals surface area contributed by atoms with Gasteiger partial charge in [0.25, 0.3) is 0 Å². The smallest absolute Gasteiger partial charge is 0.0541 e. The Balaban J connectivity index is 0.929. The number of anilines is 3. The van der Waals surface area contributed by atoms with Crippen molar-refractivity contribution in [3.8, 4) is 39.1 Å². The molecule has 0 radical (unpaired) electrons. The van der Waals surface area contributed by atoms with Gasteiger partial charge in [0.1, 0.15) is 0 Å². The van der Waals surface area contributed by atoms with Gasteiger partial charge in [-0.3, -0.25) is 0 Å². The molecule has 10 aromatic carbocycles. The van der Waals surface area contributed by atoms with Crippen LogP contribution in [0.15, 0.2) is 231 Å². The first-order valence-electron chi connectivity index (χ1n) is 20.8. The van der Waals surface area contributed by atoms with Crippen molar-refractivity contribution in [3.05, 3.63) is 231 Å². The second kappa shape index (κ2) is 14.5. The van der Waals surface area contributed by atoms with Crippen LogP contribution >= 0.6 is 11.3 Å². The Morgan fingerprint density at radius 3 is 1.64 bits per heavy atom. The fourth-order valence-corrected chi connectivity index (χ4v) is 10.5. The van der Waals surface area contributed by atoms with Crippen molar-refractivity contribution < 1.29 is 0 Å². The topological polar surface area (TPSA) is 8.17 Å². The maximum atomic E-state index is 2.45. The van der Waals surface area contributed by atoms with E-state index in [1.807, 2.05) is 11.3 Å². The van der Waals surface area contributed by atoms with Crippen molar-refractivity contribution in [2.45, 2.75) is 0 Å². The van der Waals surface area contributed by atoms with Gasteiger partial charge in [-0.2, -0.15) is 0 Å². The summed E-state index contributed by atoms with van der Waals surface area (Å²) in [5.41, 5.74) is 14.2. The molecule has 0 aliphatic carbocycles. The number of nitrogens with zero attached hydrogens (tertiary/aromatic N) is 2. The van der Waals surface area contributed by atoms with Crippen LogP contribution in [0.4, 0.5) is 17.1 Å². The Labute approximate surface area is 358 Å². The number of thiophene rings is 1. The van der Waals surface area contributed by atoms with Crippen LogP contribution in [-0.2, 0) is 0 Å². The first-order valence-corrected chi connectivity index (χ1v) is 21.7. The Morgan fingerprint density at radius 2 is 0.869 bits per heavy atom. The van der Waals surface area contributed by atoms with Gasteiger partial charge >= 0.3 is 0 Å². The van der Waals surface area contributed by atoms with Crippen molar-refractivity contribution in [1.82, 2.24) is 4.57 Å². The summed E-state index contributed by atoms with van der Waals surface area (Å²) in [7, 11) is 0. The molecule has 61 heavy (non-hydrogen) atoms. The average Bonchev–Trinajstić information content (AvgIpc) is 3.89. The first-order chi connectivity index (χ1) is 30.3. The molecule has 2 aromatic heterocycles. The molecule has 0 unspecified atom stereocenters. The molecule has 0 amide bonds. The fourth-order valence-electron chi connectivity index (χ4n) is 9.39. The van der Waals surface area contributed by atoms with Gasteiger partial charge in [-0.25, -0.2) is 0 Å². The van der Waals surface area contributed by atoms with Gasteiger partial charge in [0.2, 0.25) is 0 Å². The highest BCUT2D eigenvalue weighted by atomic mass is 32.1. The van der Waals surface area contributed by atoms with Crippen LogP contribution in [0.25, 0.3) is 91.8 Å². The van der Waals surface area contributed by atoms with E-state index in [0.717, 1.165) is 22.7 Å². The summed E-state index contributed by atoms with van der Waals surface area (Å²) in [6.45, 7) is 0. The number of para-hydroxylation sites is 3. The number of aromatic nitrogens is 1. The van der Waals surface area contributed by atoms with Crippen molar-refractivity contribution in [2.75, 3.05) is 4.90 Å².